The lowest BCUT2D eigenvalue weighted by Crippen LogP contribution is -1.95. The number of hydrogen-bond acceptors (Lipinski definition) is 4. The van der Waals surface area contributed by atoms with Crippen molar-refractivity contribution in [2.45, 2.75) is 13.0 Å². The summed E-state index contributed by atoms with van der Waals surface area (Å²) in [5.74, 6) is 0.972. The van der Waals surface area contributed by atoms with Crippen LogP contribution in [0.1, 0.15) is 17.0 Å². The molecule has 0 fully saturated rings. The van der Waals surface area contributed by atoms with Gasteiger partial charge in [-0.3, -0.25) is 0 Å². The number of phenols is 1. The number of para-hydroxylation sites is 1. The summed E-state index contributed by atoms with van der Waals surface area (Å²) in [6.07, 6.45) is 0.527. The summed E-state index contributed by atoms with van der Waals surface area (Å²) in [7, 11) is 0. The minimum atomic E-state index is 0.267. The third-order valence-electron chi connectivity index (χ3n) is 2.17. The Labute approximate surface area is 87.3 Å². The van der Waals surface area contributed by atoms with E-state index in [0.29, 0.717) is 18.7 Å². The van der Waals surface area contributed by atoms with Crippen LogP contribution in [-0.2, 0) is 13.0 Å². The highest BCUT2D eigenvalue weighted by Gasteiger charge is 2.06. The lowest BCUT2D eigenvalue weighted by molar-refractivity contribution is 0.381. The van der Waals surface area contributed by atoms with E-state index < -0.39 is 0 Å². The topological polar surface area (TPSA) is 72.3 Å². The van der Waals surface area contributed by atoms with Crippen molar-refractivity contribution in [3.05, 3.63) is 47.3 Å². The predicted octanol–water partition coefficient (Wildman–Crippen LogP) is 1.43. The van der Waals surface area contributed by atoms with E-state index >= 15 is 0 Å². The van der Waals surface area contributed by atoms with Gasteiger partial charge in [-0.2, -0.15) is 0 Å². The Morgan fingerprint density at radius 3 is 2.80 bits per heavy atom. The van der Waals surface area contributed by atoms with E-state index in [9.17, 15) is 5.11 Å². The second-order valence-corrected chi connectivity index (χ2v) is 3.29. The van der Waals surface area contributed by atoms with Gasteiger partial charge < -0.3 is 15.4 Å². The van der Waals surface area contributed by atoms with Crippen molar-refractivity contribution in [2.75, 3.05) is 0 Å². The molecule has 0 aliphatic carbocycles. The lowest BCUT2D eigenvalue weighted by Gasteiger charge is -1.99. The summed E-state index contributed by atoms with van der Waals surface area (Å²) < 4.78 is 5.07. The molecular weight excluding hydrogens is 192 g/mol. The predicted molar refractivity (Wildman–Crippen MR) is 55.3 cm³/mol. The largest absolute Gasteiger partial charge is 0.508 e. The van der Waals surface area contributed by atoms with Crippen molar-refractivity contribution in [1.82, 2.24) is 5.16 Å². The van der Waals surface area contributed by atoms with Gasteiger partial charge in [-0.05, 0) is 6.07 Å². The van der Waals surface area contributed by atoms with Gasteiger partial charge in [0.15, 0.2) is 0 Å². The van der Waals surface area contributed by atoms with Crippen molar-refractivity contribution in [1.29, 1.82) is 0 Å². The second kappa shape index (κ2) is 4.14. The van der Waals surface area contributed by atoms with E-state index in [1.54, 1.807) is 18.2 Å². The fourth-order valence-electron chi connectivity index (χ4n) is 1.38. The molecular formula is C11H12N2O2. The Balaban J connectivity index is 2.18. The summed E-state index contributed by atoms with van der Waals surface area (Å²) >= 11 is 0. The second-order valence-electron chi connectivity index (χ2n) is 3.29. The summed E-state index contributed by atoms with van der Waals surface area (Å²) in [6, 6.07) is 8.95. The van der Waals surface area contributed by atoms with Gasteiger partial charge in [0, 0.05) is 24.6 Å². The molecule has 1 aromatic carbocycles. The molecule has 0 radical (unpaired) electrons. The average molecular weight is 204 g/mol. The van der Waals surface area contributed by atoms with Crippen molar-refractivity contribution in [3.8, 4) is 5.75 Å². The van der Waals surface area contributed by atoms with E-state index in [1.807, 2.05) is 12.1 Å². The van der Waals surface area contributed by atoms with Gasteiger partial charge in [0.25, 0.3) is 0 Å². The van der Waals surface area contributed by atoms with Crippen LogP contribution in [0.5, 0.6) is 5.75 Å². The number of rotatable bonds is 3. The molecule has 0 bridgehead atoms. The van der Waals surface area contributed by atoms with Gasteiger partial charge in [-0.25, -0.2) is 0 Å². The van der Waals surface area contributed by atoms with Gasteiger partial charge >= 0.3 is 0 Å². The Morgan fingerprint density at radius 1 is 1.33 bits per heavy atom. The van der Waals surface area contributed by atoms with Gasteiger partial charge in [0.05, 0.1) is 5.69 Å². The normalized spacial score (nSPS) is 10.5. The SMILES string of the molecule is NCc1cc(Cc2ccccc2O)on1. The molecule has 78 valence electrons. The van der Waals surface area contributed by atoms with Crippen LogP contribution in [0.25, 0.3) is 0 Å². The first kappa shape index (κ1) is 9.73. The molecule has 2 aromatic rings. The van der Waals surface area contributed by atoms with Gasteiger partial charge in [0.2, 0.25) is 0 Å². The smallest absolute Gasteiger partial charge is 0.141 e. The van der Waals surface area contributed by atoms with Crippen LogP contribution in [0.15, 0.2) is 34.9 Å². The first-order chi connectivity index (χ1) is 7.29. The van der Waals surface area contributed by atoms with Crippen LogP contribution in [-0.4, -0.2) is 10.3 Å². The molecule has 0 aliphatic rings. The van der Waals surface area contributed by atoms with E-state index in [2.05, 4.69) is 5.16 Å². The van der Waals surface area contributed by atoms with E-state index in [4.69, 9.17) is 10.3 Å². The molecule has 0 saturated heterocycles. The zero-order valence-corrected chi connectivity index (χ0v) is 8.18. The zero-order chi connectivity index (χ0) is 10.7. The number of aromatic hydroxyl groups is 1. The molecule has 1 heterocycles. The van der Waals surface area contributed by atoms with Gasteiger partial charge in [0.1, 0.15) is 11.5 Å². The van der Waals surface area contributed by atoms with E-state index in [0.717, 1.165) is 11.3 Å². The van der Waals surface area contributed by atoms with Gasteiger partial charge in [-0.15, -0.1) is 0 Å². The van der Waals surface area contributed by atoms with E-state index in [-0.39, 0.29) is 5.75 Å². The first-order valence-corrected chi connectivity index (χ1v) is 4.71. The monoisotopic (exact) mass is 204 g/mol. The van der Waals surface area contributed by atoms with Crippen LogP contribution in [0.3, 0.4) is 0 Å². The number of phenolic OH excluding ortho intramolecular Hbond substituents is 1. The number of hydrogen-bond donors (Lipinski definition) is 2. The summed E-state index contributed by atoms with van der Waals surface area (Å²) in [6.45, 7) is 0.365. The third kappa shape index (κ3) is 2.16. The Kier molecular flexibility index (Phi) is 2.69. The van der Waals surface area contributed by atoms with Crippen LogP contribution in [0.4, 0.5) is 0 Å². The highest BCUT2D eigenvalue weighted by molar-refractivity contribution is 5.34. The van der Waals surface area contributed by atoms with Crippen LogP contribution in [0.2, 0.25) is 0 Å². The van der Waals surface area contributed by atoms with Crippen molar-refractivity contribution < 1.29 is 9.63 Å². The summed E-state index contributed by atoms with van der Waals surface area (Å²) in [5.41, 5.74) is 6.95. The fraction of sp³-hybridized carbons (Fsp3) is 0.182. The van der Waals surface area contributed by atoms with Crippen molar-refractivity contribution >= 4 is 0 Å². The van der Waals surface area contributed by atoms with Gasteiger partial charge in [-0.1, -0.05) is 23.4 Å². The Morgan fingerprint density at radius 2 is 2.13 bits per heavy atom. The molecule has 0 unspecified atom stereocenters. The zero-order valence-electron chi connectivity index (χ0n) is 8.18. The van der Waals surface area contributed by atoms with Crippen LogP contribution in [0, 0.1) is 0 Å². The summed E-state index contributed by atoms with van der Waals surface area (Å²) in [5, 5.41) is 13.3. The molecule has 2 rings (SSSR count). The maximum absolute atomic E-state index is 9.55. The van der Waals surface area contributed by atoms with E-state index in [1.165, 1.54) is 0 Å². The number of nitrogens with zero attached hydrogens (tertiary/aromatic N) is 1. The quantitative estimate of drug-likeness (QED) is 0.793. The lowest BCUT2D eigenvalue weighted by atomic mass is 10.1. The average Bonchev–Trinajstić information content (AvgIpc) is 2.69. The maximum atomic E-state index is 9.55. The molecule has 0 spiro atoms. The number of aromatic nitrogens is 1. The van der Waals surface area contributed by atoms with Crippen LogP contribution >= 0.6 is 0 Å². The Hall–Kier alpha value is -1.81. The highest BCUT2D eigenvalue weighted by Crippen LogP contribution is 2.19. The minimum Gasteiger partial charge on any atom is -0.508 e. The molecule has 0 saturated carbocycles. The maximum Gasteiger partial charge on any atom is 0.141 e. The van der Waals surface area contributed by atoms with Crippen LogP contribution < -0.4 is 5.73 Å². The molecule has 15 heavy (non-hydrogen) atoms. The minimum absolute atomic E-state index is 0.267. The summed E-state index contributed by atoms with van der Waals surface area (Å²) in [4.78, 5) is 0. The molecule has 4 nitrogen and oxygen atoms in total. The molecule has 4 heteroatoms. The number of nitrogens with two attached hydrogens (primary N) is 1. The highest BCUT2D eigenvalue weighted by atomic mass is 16.5. The van der Waals surface area contributed by atoms with Crippen molar-refractivity contribution in [2.24, 2.45) is 5.73 Å². The Bertz CT molecular complexity index is 451. The third-order valence-corrected chi connectivity index (χ3v) is 2.17. The molecule has 3 N–H and O–H groups in total. The molecule has 0 amide bonds. The number of benzene rings is 1. The fourth-order valence-corrected chi connectivity index (χ4v) is 1.38. The molecule has 1 aromatic heterocycles. The first-order valence-electron chi connectivity index (χ1n) is 4.71. The standard InChI is InChI=1S/C11H12N2O2/c12-7-9-6-10(15-13-9)5-8-3-1-2-4-11(8)14/h1-4,6,14H,5,7,12H2. The molecule has 0 aliphatic heterocycles. The molecule has 0 atom stereocenters. The van der Waals surface area contributed by atoms with Crippen molar-refractivity contribution in [3.63, 3.8) is 0 Å².